The maximum absolute atomic E-state index is 12.4. The van der Waals surface area contributed by atoms with Crippen LogP contribution in [0, 0.1) is 0 Å². The fourth-order valence-corrected chi connectivity index (χ4v) is 2.82. The highest BCUT2D eigenvalue weighted by molar-refractivity contribution is 7.54. The van der Waals surface area contributed by atoms with E-state index >= 15 is 0 Å². The zero-order chi connectivity index (χ0) is 15.4. The van der Waals surface area contributed by atoms with E-state index in [1.54, 1.807) is 6.92 Å². The summed E-state index contributed by atoms with van der Waals surface area (Å²) in [6.07, 6.45) is 5.66. The third kappa shape index (κ3) is 8.64. The zero-order valence-electron chi connectivity index (χ0n) is 11.7. The normalized spacial score (nSPS) is 11.8. The lowest BCUT2D eigenvalue weighted by atomic mass is 10.3. The third-order valence-electron chi connectivity index (χ3n) is 1.93. The monoisotopic (exact) mass is 300 g/mol. The van der Waals surface area contributed by atoms with Crippen LogP contribution in [0.3, 0.4) is 0 Å². The van der Waals surface area contributed by atoms with Crippen molar-refractivity contribution in [1.29, 1.82) is 0 Å². The lowest BCUT2D eigenvalue weighted by molar-refractivity contribution is -0.136. The van der Waals surface area contributed by atoms with Gasteiger partial charge < -0.3 is 13.8 Å². The van der Waals surface area contributed by atoms with Crippen LogP contribution in [-0.4, -0.2) is 32.0 Å². The van der Waals surface area contributed by atoms with Crippen molar-refractivity contribution in [2.75, 3.05) is 26.0 Å². The molecule has 0 atom stereocenters. The summed E-state index contributed by atoms with van der Waals surface area (Å²) in [4.78, 5) is 11.4. The molecule has 0 heterocycles. The second kappa shape index (κ2) is 10.4. The summed E-state index contributed by atoms with van der Waals surface area (Å²) in [6.45, 7) is 12.4. The highest BCUT2D eigenvalue weighted by atomic mass is 31.2. The molecule has 0 aliphatic carbocycles. The van der Waals surface area contributed by atoms with Crippen molar-refractivity contribution in [3.63, 3.8) is 0 Å². The number of hydrogen-bond donors (Lipinski definition) is 0. The van der Waals surface area contributed by atoms with Crippen LogP contribution in [0.2, 0.25) is 0 Å². The molecule has 0 aromatic rings. The van der Waals surface area contributed by atoms with Crippen molar-refractivity contribution >= 4 is 13.6 Å². The van der Waals surface area contributed by atoms with Gasteiger partial charge in [0.05, 0.1) is 19.4 Å². The van der Waals surface area contributed by atoms with Crippen LogP contribution in [0.5, 0.6) is 0 Å². The van der Waals surface area contributed by atoms with Gasteiger partial charge in [-0.15, -0.1) is 13.2 Å². The number of rotatable bonds is 11. The van der Waals surface area contributed by atoms with Crippen molar-refractivity contribution in [2.24, 2.45) is 0 Å². The largest absolute Gasteiger partial charge is 0.458 e. The average molecular weight is 300 g/mol. The van der Waals surface area contributed by atoms with Gasteiger partial charge in [0, 0.05) is 6.08 Å². The van der Waals surface area contributed by atoms with Gasteiger partial charge in [-0.3, -0.25) is 4.57 Å². The van der Waals surface area contributed by atoms with Crippen LogP contribution in [-0.2, 0) is 23.1 Å². The summed E-state index contributed by atoms with van der Waals surface area (Å²) in [6, 6.07) is 0. The molecule has 0 bridgehead atoms. The van der Waals surface area contributed by atoms with E-state index in [9.17, 15) is 9.36 Å². The molecule has 6 heteroatoms. The Kier molecular flexibility index (Phi) is 9.64. The molecule has 0 radical (unpaired) electrons. The molecule has 0 saturated heterocycles. The summed E-state index contributed by atoms with van der Waals surface area (Å²) >= 11 is 0. The van der Waals surface area contributed by atoms with Crippen LogP contribution in [0.1, 0.15) is 6.92 Å². The number of carbonyl (C=O) groups excluding carboxylic acids is 1. The molecule has 0 fully saturated rings. The Bertz CT molecular complexity index is 409. The van der Waals surface area contributed by atoms with Crippen LogP contribution < -0.4 is 0 Å². The van der Waals surface area contributed by atoms with E-state index in [1.807, 2.05) is 0 Å². The summed E-state index contributed by atoms with van der Waals surface area (Å²) in [5.74, 6) is -0.526. The minimum atomic E-state index is -3.33. The molecule has 0 aliphatic heterocycles. The molecular weight excluding hydrogens is 279 g/mol. The van der Waals surface area contributed by atoms with Crippen LogP contribution in [0.4, 0.5) is 0 Å². The SMILES string of the molecule is C=CCOC(=O)/C=C(\C)CP(=O)(OCC=C)OCC=C. The predicted octanol–water partition coefficient (Wildman–Crippen LogP) is 3.26. The number of carbonyl (C=O) groups is 1. The van der Waals surface area contributed by atoms with Crippen molar-refractivity contribution in [3.05, 3.63) is 49.6 Å². The van der Waals surface area contributed by atoms with Crippen LogP contribution >= 0.6 is 7.60 Å². The van der Waals surface area contributed by atoms with E-state index < -0.39 is 13.6 Å². The first kappa shape index (κ1) is 18.6. The minimum absolute atomic E-state index is 0.00211. The van der Waals surface area contributed by atoms with Crippen molar-refractivity contribution < 1.29 is 23.1 Å². The highest BCUT2D eigenvalue weighted by Crippen LogP contribution is 2.49. The van der Waals surface area contributed by atoms with Gasteiger partial charge in [0.25, 0.3) is 0 Å². The Morgan fingerprint density at radius 2 is 1.55 bits per heavy atom. The number of ether oxygens (including phenoxy) is 1. The van der Waals surface area contributed by atoms with E-state index in [1.165, 1.54) is 24.3 Å². The second-order valence-corrected chi connectivity index (χ2v) is 5.90. The van der Waals surface area contributed by atoms with Gasteiger partial charge >= 0.3 is 13.6 Å². The molecule has 112 valence electrons. The number of esters is 1. The van der Waals surface area contributed by atoms with Gasteiger partial charge in [-0.05, 0) is 6.92 Å². The summed E-state index contributed by atoms with van der Waals surface area (Å²) in [5.41, 5.74) is 0.538. The quantitative estimate of drug-likeness (QED) is 0.254. The second-order valence-electron chi connectivity index (χ2n) is 3.85. The highest BCUT2D eigenvalue weighted by Gasteiger charge is 2.24. The minimum Gasteiger partial charge on any atom is -0.458 e. The Labute approximate surface area is 120 Å². The topological polar surface area (TPSA) is 61.8 Å². The molecule has 0 rings (SSSR count). The van der Waals surface area contributed by atoms with Crippen molar-refractivity contribution in [2.45, 2.75) is 6.92 Å². The summed E-state index contributed by atoms with van der Waals surface area (Å²) in [7, 11) is -3.33. The molecule has 20 heavy (non-hydrogen) atoms. The van der Waals surface area contributed by atoms with E-state index in [0.29, 0.717) is 5.57 Å². The van der Waals surface area contributed by atoms with Gasteiger partial charge in [-0.2, -0.15) is 0 Å². The smallest absolute Gasteiger partial charge is 0.335 e. The number of hydrogen-bond acceptors (Lipinski definition) is 5. The molecule has 0 spiro atoms. The summed E-state index contributed by atoms with van der Waals surface area (Å²) < 4.78 is 27.5. The molecule has 0 aliphatic rings. The predicted molar refractivity (Wildman–Crippen MR) is 79.7 cm³/mol. The molecule has 0 N–H and O–H groups in total. The van der Waals surface area contributed by atoms with Gasteiger partial charge in [0.2, 0.25) is 0 Å². The Morgan fingerprint density at radius 3 is 2.00 bits per heavy atom. The lowest BCUT2D eigenvalue weighted by Gasteiger charge is -2.17. The van der Waals surface area contributed by atoms with E-state index in [2.05, 4.69) is 19.7 Å². The van der Waals surface area contributed by atoms with Gasteiger partial charge in [-0.1, -0.05) is 30.4 Å². The molecule has 0 aromatic heterocycles. The Hall–Kier alpha value is -1.42. The fourth-order valence-electron chi connectivity index (χ4n) is 1.20. The Morgan fingerprint density at radius 1 is 1.05 bits per heavy atom. The Balaban J connectivity index is 4.69. The van der Waals surface area contributed by atoms with Gasteiger partial charge in [-0.25, -0.2) is 4.79 Å². The first-order valence-corrected chi connectivity index (χ1v) is 7.75. The average Bonchev–Trinajstić information content (AvgIpc) is 2.40. The summed E-state index contributed by atoms with van der Waals surface area (Å²) in [5, 5.41) is 0. The van der Waals surface area contributed by atoms with Gasteiger partial charge in [0.15, 0.2) is 0 Å². The third-order valence-corrected chi connectivity index (χ3v) is 3.90. The first-order valence-electron chi connectivity index (χ1n) is 6.02. The zero-order valence-corrected chi connectivity index (χ0v) is 12.6. The maximum Gasteiger partial charge on any atom is 0.335 e. The van der Waals surface area contributed by atoms with E-state index in [-0.39, 0.29) is 26.0 Å². The molecule has 0 amide bonds. The molecule has 0 aromatic carbocycles. The van der Waals surface area contributed by atoms with Crippen LogP contribution in [0.25, 0.3) is 0 Å². The fraction of sp³-hybridized carbons (Fsp3) is 0.357. The van der Waals surface area contributed by atoms with Crippen molar-refractivity contribution in [3.8, 4) is 0 Å². The first-order chi connectivity index (χ1) is 9.47. The molecule has 0 unspecified atom stereocenters. The number of allylic oxidation sites excluding steroid dienone is 1. The van der Waals surface area contributed by atoms with Gasteiger partial charge in [0.1, 0.15) is 6.61 Å². The van der Waals surface area contributed by atoms with E-state index in [4.69, 9.17) is 13.8 Å². The van der Waals surface area contributed by atoms with Crippen LogP contribution in [0.15, 0.2) is 49.6 Å². The van der Waals surface area contributed by atoms with E-state index in [0.717, 1.165) is 0 Å². The molecule has 0 saturated carbocycles. The van der Waals surface area contributed by atoms with Crippen molar-refractivity contribution in [1.82, 2.24) is 0 Å². The molecule has 5 nitrogen and oxygen atoms in total. The maximum atomic E-state index is 12.4. The lowest BCUT2D eigenvalue weighted by Crippen LogP contribution is -2.05. The standard InChI is InChI=1S/C14H21O5P/c1-5-8-17-14(15)11-13(4)12-20(16,18-9-6-2)19-10-7-3/h5-7,11H,1-3,8-10,12H2,4H3/b13-11+. The molecular formula is C14H21O5P.